The van der Waals surface area contributed by atoms with Crippen molar-refractivity contribution in [3.8, 4) is 0 Å². The zero-order valence-corrected chi connectivity index (χ0v) is 13.5. The molecule has 0 bridgehead atoms. The van der Waals surface area contributed by atoms with Gasteiger partial charge in [0, 0.05) is 32.5 Å². The fourth-order valence-corrected chi connectivity index (χ4v) is 5.64. The van der Waals surface area contributed by atoms with E-state index in [0.29, 0.717) is 10.5 Å². The van der Waals surface area contributed by atoms with E-state index in [4.69, 9.17) is 5.73 Å². The molecule has 0 spiro atoms. The summed E-state index contributed by atoms with van der Waals surface area (Å²) in [6.07, 6.45) is 0.735. The van der Waals surface area contributed by atoms with Gasteiger partial charge in [-0.25, -0.2) is 4.39 Å². The highest BCUT2D eigenvalue weighted by Gasteiger charge is 2.28. The van der Waals surface area contributed by atoms with Crippen molar-refractivity contribution < 1.29 is 4.39 Å². The third-order valence-electron chi connectivity index (χ3n) is 3.05. The number of nitrogens with two attached hydrogens (primary N) is 1. The molecule has 2 rings (SSSR count). The number of rotatable bonds is 3. The van der Waals surface area contributed by atoms with E-state index in [1.54, 1.807) is 6.07 Å². The van der Waals surface area contributed by atoms with Crippen LogP contribution in [0.2, 0.25) is 0 Å². The first-order valence-corrected chi connectivity index (χ1v) is 8.89. The molecular weight excluding hydrogens is 333 g/mol. The summed E-state index contributed by atoms with van der Waals surface area (Å²) in [5.41, 5.74) is 7.27. The van der Waals surface area contributed by atoms with E-state index < -0.39 is 0 Å². The highest BCUT2D eigenvalue weighted by atomic mass is 79.9. The highest BCUT2D eigenvalue weighted by Crippen LogP contribution is 2.33. The summed E-state index contributed by atoms with van der Waals surface area (Å²) >= 11 is 7.26. The van der Waals surface area contributed by atoms with Gasteiger partial charge in [0.25, 0.3) is 0 Å². The summed E-state index contributed by atoms with van der Waals surface area (Å²) in [7, 11) is 0. The van der Waals surface area contributed by atoms with Crippen LogP contribution in [0.4, 0.5) is 4.39 Å². The number of hydrogen-bond donors (Lipinski definition) is 1. The van der Waals surface area contributed by atoms with Crippen LogP contribution in [0.15, 0.2) is 22.7 Å². The molecule has 5 heteroatoms. The van der Waals surface area contributed by atoms with Gasteiger partial charge in [-0.2, -0.15) is 23.5 Å². The average molecular weight is 350 g/mol. The summed E-state index contributed by atoms with van der Waals surface area (Å²) in [5, 5.41) is 1.04. The predicted octanol–water partition coefficient (Wildman–Crippen LogP) is 3.70. The van der Waals surface area contributed by atoms with Crippen LogP contribution in [-0.2, 0) is 6.42 Å². The Hall–Kier alpha value is 0.290. The average Bonchev–Trinajstić information content (AvgIpc) is 2.27. The molecule has 3 atom stereocenters. The van der Waals surface area contributed by atoms with Gasteiger partial charge in [-0.15, -0.1) is 0 Å². The number of thioether (sulfide) groups is 2. The lowest BCUT2D eigenvalue weighted by Gasteiger charge is -2.32. The highest BCUT2D eigenvalue weighted by molar-refractivity contribution is 9.10. The second-order valence-corrected chi connectivity index (χ2v) is 8.24. The van der Waals surface area contributed by atoms with Gasteiger partial charge in [0.15, 0.2) is 0 Å². The minimum Gasteiger partial charge on any atom is -0.326 e. The van der Waals surface area contributed by atoms with Crippen LogP contribution in [0.3, 0.4) is 0 Å². The number of hydrogen-bond acceptors (Lipinski definition) is 3. The van der Waals surface area contributed by atoms with Crippen LogP contribution in [0, 0.1) is 5.82 Å². The lowest BCUT2D eigenvalue weighted by atomic mass is 10.0. The molecule has 0 radical (unpaired) electrons. The molecule has 1 fully saturated rings. The van der Waals surface area contributed by atoms with E-state index in [-0.39, 0.29) is 11.9 Å². The largest absolute Gasteiger partial charge is 0.326 e. The Kier molecular flexibility index (Phi) is 5.42. The van der Waals surface area contributed by atoms with E-state index in [1.807, 2.05) is 29.6 Å². The summed E-state index contributed by atoms with van der Waals surface area (Å²) in [5.74, 6) is 2.17. The normalized spacial score (nSPS) is 26.0. The summed E-state index contributed by atoms with van der Waals surface area (Å²) in [6.45, 7) is 2.24. The van der Waals surface area contributed by atoms with E-state index in [0.717, 1.165) is 16.5 Å². The zero-order valence-electron chi connectivity index (χ0n) is 10.2. The Morgan fingerprint density at radius 2 is 2.11 bits per heavy atom. The van der Waals surface area contributed by atoms with Crippen molar-refractivity contribution >= 4 is 39.5 Å². The molecule has 100 valence electrons. The second-order valence-electron chi connectivity index (χ2n) is 4.56. The van der Waals surface area contributed by atoms with Gasteiger partial charge in [0.1, 0.15) is 5.82 Å². The van der Waals surface area contributed by atoms with Crippen molar-refractivity contribution in [3.63, 3.8) is 0 Å². The fraction of sp³-hybridized carbons (Fsp3) is 0.538. The summed E-state index contributed by atoms with van der Waals surface area (Å²) in [6, 6.07) is 5.10. The maximum absolute atomic E-state index is 13.3. The topological polar surface area (TPSA) is 26.0 Å². The van der Waals surface area contributed by atoms with Crippen molar-refractivity contribution in [2.75, 3.05) is 11.5 Å². The van der Waals surface area contributed by atoms with Gasteiger partial charge in [-0.3, -0.25) is 0 Å². The Morgan fingerprint density at radius 1 is 1.39 bits per heavy atom. The molecule has 0 aromatic heterocycles. The molecule has 0 aliphatic carbocycles. The zero-order chi connectivity index (χ0) is 13.1. The van der Waals surface area contributed by atoms with Crippen LogP contribution in [0.5, 0.6) is 0 Å². The third-order valence-corrected chi connectivity index (χ3v) is 6.78. The van der Waals surface area contributed by atoms with Gasteiger partial charge >= 0.3 is 0 Å². The van der Waals surface area contributed by atoms with Crippen LogP contribution in [0.25, 0.3) is 0 Å². The molecule has 1 aromatic carbocycles. The van der Waals surface area contributed by atoms with Gasteiger partial charge in [-0.05, 0) is 30.2 Å². The van der Waals surface area contributed by atoms with Gasteiger partial charge in [0.2, 0.25) is 0 Å². The van der Waals surface area contributed by atoms with Crippen molar-refractivity contribution in [1.29, 1.82) is 0 Å². The van der Waals surface area contributed by atoms with Gasteiger partial charge < -0.3 is 5.73 Å². The summed E-state index contributed by atoms with van der Waals surface area (Å²) < 4.78 is 14.1. The molecule has 1 saturated heterocycles. The molecule has 1 aliphatic rings. The third kappa shape index (κ3) is 3.89. The van der Waals surface area contributed by atoms with Crippen molar-refractivity contribution in [1.82, 2.24) is 0 Å². The number of benzene rings is 1. The quantitative estimate of drug-likeness (QED) is 0.900. The minimum absolute atomic E-state index is 0.0894. The van der Waals surface area contributed by atoms with Gasteiger partial charge in [0.05, 0.1) is 0 Å². The first-order chi connectivity index (χ1) is 8.56. The predicted molar refractivity (Wildman–Crippen MR) is 83.9 cm³/mol. The molecule has 2 N–H and O–H groups in total. The molecule has 0 amide bonds. The molecular formula is C13H17BrFNS2. The number of halogens is 2. The molecule has 1 aromatic rings. The molecule has 1 aliphatic heterocycles. The van der Waals surface area contributed by atoms with Crippen molar-refractivity contribution in [2.24, 2.45) is 5.73 Å². The van der Waals surface area contributed by atoms with Crippen molar-refractivity contribution in [2.45, 2.75) is 29.9 Å². The monoisotopic (exact) mass is 349 g/mol. The standard InChI is InChI=1S/C13H17BrFNS2/c1-8-13(18-3-2-17-8)12(16)6-9-4-10(14)7-11(15)5-9/h4-5,7-8,12-13H,2-3,6,16H2,1H3. The van der Waals surface area contributed by atoms with Crippen LogP contribution < -0.4 is 5.73 Å². The Morgan fingerprint density at radius 3 is 2.78 bits per heavy atom. The molecule has 3 unspecified atom stereocenters. The fourth-order valence-electron chi connectivity index (χ4n) is 2.24. The van der Waals surface area contributed by atoms with Gasteiger partial charge in [-0.1, -0.05) is 22.9 Å². The minimum atomic E-state index is -0.203. The second kappa shape index (κ2) is 6.64. The SMILES string of the molecule is CC1SCCSC1C(N)Cc1cc(F)cc(Br)c1. The Balaban J connectivity index is 2.03. The Bertz CT molecular complexity index is 396. The Labute approximate surface area is 125 Å². The lowest BCUT2D eigenvalue weighted by Crippen LogP contribution is -2.42. The van der Waals surface area contributed by atoms with E-state index >= 15 is 0 Å². The first kappa shape index (κ1) is 14.7. The van der Waals surface area contributed by atoms with Crippen LogP contribution >= 0.6 is 39.5 Å². The summed E-state index contributed by atoms with van der Waals surface area (Å²) in [4.78, 5) is 0. The maximum atomic E-state index is 13.3. The van der Waals surface area contributed by atoms with E-state index in [1.165, 1.54) is 17.6 Å². The first-order valence-electron chi connectivity index (χ1n) is 6.00. The lowest BCUT2D eigenvalue weighted by molar-refractivity contribution is 0.605. The van der Waals surface area contributed by atoms with Crippen molar-refractivity contribution in [3.05, 3.63) is 34.1 Å². The molecule has 1 nitrogen and oxygen atoms in total. The molecule has 18 heavy (non-hydrogen) atoms. The van der Waals surface area contributed by atoms with Crippen LogP contribution in [0.1, 0.15) is 12.5 Å². The van der Waals surface area contributed by atoms with E-state index in [2.05, 4.69) is 22.9 Å². The smallest absolute Gasteiger partial charge is 0.124 e. The molecule has 0 saturated carbocycles. The maximum Gasteiger partial charge on any atom is 0.124 e. The van der Waals surface area contributed by atoms with E-state index in [9.17, 15) is 4.39 Å². The molecule has 1 heterocycles. The van der Waals surface area contributed by atoms with Crippen LogP contribution in [-0.4, -0.2) is 28.0 Å².